The van der Waals surface area contributed by atoms with Gasteiger partial charge in [-0.1, -0.05) is 31.2 Å². The van der Waals surface area contributed by atoms with Crippen LogP contribution in [0.5, 0.6) is 0 Å². The molecule has 2 nitrogen and oxygen atoms in total. The molecule has 0 aromatic carbocycles. The molecule has 0 aliphatic heterocycles. The topological polar surface area (TPSA) is 32.3 Å². The molecule has 2 N–H and O–H groups in total. The van der Waals surface area contributed by atoms with E-state index in [-0.39, 0.29) is 6.42 Å². The monoisotopic (exact) mass is 317 g/mol. The Labute approximate surface area is 118 Å². The Bertz CT molecular complexity index is 386. The molecule has 0 spiro atoms. The number of hydrogen-bond donors (Lipinski definition) is 2. The van der Waals surface area contributed by atoms with Crippen LogP contribution >= 0.6 is 0 Å². The zero-order valence-electron chi connectivity index (χ0n) is 11.3. The van der Waals surface area contributed by atoms with Gasteiger partial charge in [-0.2, -0.15) is 26.3 Å². The molecule has 2 unspecified atom stereocenters. The lowest BCUT2D eigenvalue weighted by Crippen LogP contribution is -2.59. The number of halogens is 6. The highest BCUT2D eigenvalue weighted by molar-refractivity contribution is 5.21. The molecule has 0 radical (unpaired) electrons. The summed E-state index contributed by atoms with van der Waals surface area (Å²) in [6.07, 6.45) is -4.00. The Morgan fingerprint density at radius 3 is 2.05 bits per heavy atom. The van der Waals surface area contributed by atoms with E-state index in [1.165, 1.54) is 6.08 Å². The second-order valence-electron chi connectivity index (χ2n) is 5.00. The fourth-order valence-corrected chi connectivity index (χ4v) is 2.38. The van der Waals surface area contributed by atoms with Crippen molar-refractivity contribution in [3.8, 4) is 0 Å². The SMILES string of the molecule is CCC1(NC(CO)C(C(F)(F)F)C(F)(F)F)C=CC=CC1. The summed E-state index contributed by atoms with van der Waals surface area (Å²) in [5.74, 6) is -3.61. The molecule has 0 saturated carbocycles. The van der Waals surface area contributed by atoms with E-state index in [1.54, 1.807) is 25.2 Å². The number of hydrogen-bond acceptors (Lipinski definition) is 2. The normalized spacial score (nSPS) is 24.6. The quantitative estimate of drug-likeness (QED) is 0.762. The van der Waals surface area contributed by atoms with Crippen molar-refractivity contribution in [1.82, 2.24) is 5.32 Å². The third-order valence-electron chi connectivity index (χ3n) is 3.55. The van der Waals surface area contributed by atoms with Crippen LogP contribution in [0.2, 0.25) is 0 Å². The summed E-state index contributed by atoms with van der Waals surface area (Å²) in [4.78, 5) is 0. The summed E-state index contributed by atoms with van der Waals surface area (Å²) in [7, 11) is 0. The van der Waals surface area contributed by atoms with E-state index in [0.717, 1.165) is 0 Å². The van der Waals surface area contributed by atoms with Crippen molar-refractivity contribution in [3.63, 3.8) is 0 Å². The predicted octanol–water partition coefficient (Wildman–Crippen LogP) is 3.34. The number of rotatable bonds is 5. The van der Waals surface area contributed by atoms with Crippen LogP contribution in [0.1, 0.15) is 19.8 Å². The van der Waals surface area contributed by atoms with Crippen LogP contribution in [0, 0.1) is 5.92 Å². The summed E-state index contributed by atoms with van der Waals surface area (Å²) >= 11 is 0. The molecular weight excluding hydrogens is 300 g/mol. The molecule has 0 saturated heterocycles. The first-order chi connectivity index (χ1) is 9.56. The van der Waals surface area contributed by atoms with E-state index in [9.17, 15) is 26.3 Å². The molecular formula is C13H17F6NO. The van der Waals surface area contributed by atoms with E-state index < -0.39 is 36.5 Å². The minimum absolute atomic E-state index is 0.263. The summed E-state index contributed by atoms with van der Waals surface area (Å²) in [6.45, 7) is 0.393. The maximum Gasteiger partial charge on any atom is 0.402 e. The van der Waals surface area contributed by atoms with Crippen molar-refractivity contribution in [3.05, 3.63) is 24.3 Å². The zero-order chi connectivity index (χ0) is 16.3. The standard InChI is InChI=1S/C13H17F6NO/c1-2-11(6-4-3-5-7-11)20-9(8-21)10(12(14,15)16)13(17,18)19/h3-6,9-10,20-21H,2,7-8H2,1H3. The molecule has 0 bridgehead atoms. The van der Waals surface area contributed by atoms with Crippen molar-refractivity contribution < 1.29 is 31.4 Å². The second-order valence-corrected chi connectivity index (χ2v) is 5.00. The van der Waals surface area contributed by atoms with Gasteiger partial charge in [0.05, 0.1) is 12.6 Å². The smallest absolute Gasteiger partial charge is 0.395 e. The number of nitrogens with one attached hydrogen (secondary N) is 1. The Hall–Kier alpha value is -1.02. The Morgan fingerprint density at radius 1 is 1.14 bits per heavy atom. The summed E-state index contributed by atoms with van der Waals surface area (Å²) < 4.78 is 76.4. The summed E-state index contributed by atoms with van der Waals surface area (Å²) in [6, 6.07) is -2.15. The second kappa shape index (κ2) is 6.39. The average Bonchev–Trinajstić information content (AvgIpc) is 2.35. The molecule has 122 valence electrons. The van der Waals surface area contributed by atoms with Gasteiger partial charge in [-0.15, -0.1) is 0 Å². The molecule has 0 aromatic heterocycles. The predicted molar refractivity (Wildman–Crippen MR) is 65.5 cm³/mol. The Morgan fingerprint density at radius 2 is 1.71 bits per heavy atom. The van der Waals surface area contributed by atoms with Crippen LogP contribution < -0.4 is 5.32 Å². The van der Waals surface area contributed by atoms with Crippen LogP contribution in [-0.2, 0) is 0 Å². The van der Waals surface area contributed by atoms with Crippen LogP contribution in [0.4, 0.5) is 26.3 Å². The molecule has 21 heavy (non-hydrogen) atoms. The van der Waals surface area contributed by atoms with Gasteiger partial charge in [-0.05, 0) is 12.8 Å². The summed E-state index contributed by atoms with van der Waals surface area (Å²) in [5.41, 5.74) is -1.02. The minimum atomic E-state index is -5.48. The lowest BCUT2D eigenvalue weighted by atomic mass is 9.85. The van der Waals surface area contributed by atoms with Crippen molar-refractivity contribution in [1.29, 1.82) is 0 Å². The van der Waals surface area contributed by atoms with Gasteiger partial charge in [-0.3, -0.25) is 0 Å². The van der Waals surface area contributed by atoms with Crippen molar-refractivity contribution in [2.75, 3.05) is 6.61 Å². The Balaban J connectivity index is 3.04. The summed E-state index contributed by atoms with van der Waals surface area (Å²) in [5, 5.41) is 11.4. The van der Waals surface area contributed by atoms with Crippen LogP contribution in [0.15, 0.2) is 24.3 Å². The number of aliphatic hydroxyl groups excluding tert-OH is 1. The molecule has 0 heterocycles. The fourth-order valence-electron chi connectivity index (χ4n) is 2.38. The van der Waals surface area contributed by atoms with Crippen LogP contribution in [0.3, 0.4) is 0 Å². The first kappa shape index (κ1) is 18.0. The fraction of sp³-hybridized carbons (Fsp3) is 0.692. The van der Waals surface area contributed by atoms with E-state index >= 15 is 0 Å². The largest absolute Gasteiger partial charge is 0.402 e. The highest BCUT2D eigenvalue weighted by Gasteiger charge is 2.60. The van der Waals surface area contributed by atoms with Gasteiger partial charge in [0.15, 0.2) is 5.92 Å². The first-order valence-electron chi connectivity index (χ1n) is 6.42. The maximum atomic E-state index is 12.7. The lowest BCUT2D eigenvalue weighted by molar-refractivity contribution is -0.294. The zero-order valence-corrected chi connectivity index (χ0v) is 11.3. The third kappa shape index (κ3) is 4.47. The molecule has 8 heteroatoms. The molecule has 1 aliphatic carbocycles. The van der Waals surface area contributed by atoms with Crippen LogP contribution in [0.25, 0.3) is 0 Å². The minimum Gasteiger partial charge on any atom is -0.395 e. The van der Waals surface area contributed by atoms with Gasteiger partial charge < -0.3 is 10.4 Å². The van der Waals surface area contributed by atoms with Crippen molar-refractivity contribution in [2.24, 2.45) is 5.92 Å². The molecule has 1 rings (SSSR count). The van der Waals surface area contributed by atoms with Gasteiger partial charge in [0.2, 0.25) is 0 Å². The first-order valence-corrected chi connectivity index (χ1v) is 6.42. The Kier molecular flexibility index (Phi) is 5.49. The highest BCUT2D eigenvalue weighted by atomic mass is 19.4. The van der Waals surface area contributed by atoms with Crippen LogP contribution in [-0.4, -0.2) is 35.6 Å². The number of allylic oxidation sites excluding steroid dienone is 2. The third-order valence-corrected chi connectivity index (χ3v) is 3.55. The van der Waals surface area contributed by atoms with Crippen molar-refractivity contribution in [2.45, 2.75) is 43.7 Å². The highest BCUT2D eigenvalue weighted by Crippen LogP contribution is 2.42. The van der Waals surface area contributed by atoms with Gasteiger partial charge in [0, 0.05) is 5.54 Å². The van der Waals surface area contributed by atoms with Crippen molar-refractivity contribution >= 4 is 0 Å². The lowest BCUT2D eigenvalue weighted by Gasteiger charge is -2.39. The van der Waals surface area contributed by atoms with E-state index in [0.29, 0.717) is 6.42 Å². The van der Waals surface area contributed by atoms with Gasteiger partial charge in [0.25, 0.3) is 0 Å². The molecule has 0 amide bonds. The number of alkyl halides is 6. The molecule has 0 fully saturated rings. The van der Waals surface area contributed by atoms with Gasteiger partial charge >= 0.3 is 12.4 Å². The van der Waals surface area contributed by atoms with E-state index in [2.05, 4.69) is 5.32 Å². The van der Waals surface area contributed by atoms with E-state index in [1.807, 2.05) is 0 Å². The molecule has 0 aromatic rings. The van der Waals surface area contributed by atoms with Gasteiger partial charge in [-0.25, -0.2) is 0 Å². The maximum absolute atomic E-state index is 12.7. The molecule has 2 atom stereocenters. The van der Waals surface area contributed by atoms with E-state index in [4.69, 9.17) is 5.11 Å². The van der Waals surface area contributed by atoms with Gasteiger partial charge in [0.1, 0.15) is 0 Å². The average molecular weight is 317 g/mol. The number of aliphatic hydroxyl groups is 1. The molecule has 1 aliphatic rings.